The van der Waals surface area contributed by atoms with Crippen LogP contribution in [0.4, 0.5) is 5.13 Å². The largest absolute Gasteiger partial charge is 0.348 e. The fourth-order valence-corrected chi connectivity index (χ4v) is 5.51. The van der Waals surface area contributed by atoms with E-state index in [0.717, 1.165) is 54.0 Å². The molecule has 9 heteroatoms. The summed E-state index contributed by atoms with van der Waals surface area (Å²) in [7, 11) is 1.45. The number of aryl methyl sites for hydroxylation is 1. The lowest BCUT2D eigenvalue weighted by Crippen LogP contribution is -2.41. The van der Waals surface area contributed by atoms with Crippen LogP contribution < -0.4 is 21.5 Å². The summed E-state index contributed by atoms with van der Waals surface area (Å²) in [5.41, 5.74) is 1.80. The summed E-state index contributed by atoms with van der Waals surface area (Å²) in [6.07, 6.45) is 3.95. The maximum absolute atomic E-state index is 12.8. The molecule has 3 heterocycles. The van der Waals surface area contributed by atoms with Crippen molar-refractivity contribution < 1.29 is 4.79 Å². The van der Waals surface area contributed by atoms with Gasteiger partial charge in [-0.2, -0.15) is 0 Å². The molecule has 0 spiro atoms. The van der Waals surface area contributed by atoms with Crippen LogP contribution in [0, 0.1) is 0 Å². The average molecular weight is 426 g/mol. The third-order valence-corrected chi connectivity index (χ3v) is 7.11. The van der Waals surface area contributed by atoms with Gasteiger partial charge in [-0.15, -0.1) is 0 Å². The van der Waals surface area contributed by atoms with E-state index in [1.54, 1.807) is 0 Å². The molecular weight excluding hydrogens is 402 g/mol. The lowest BCUT2D eigenvalue weighted by Gasteiger charge is -2.15. The first-order valence-electron chi connectivity index (χ1n) is 10.3. The van der Waals surface area contributed by atoms with Crippen molar-refractivity contribution in [2.24, 2.45) is 7.05 Å². The van der Waals surface area contributed by atoms with Gasteiger partial charge in [0.15, 0.2) is 10.8 Å². The molecule has 0 bridgehead atoms. The van der Waals surface area contributed by atoms with Crippen molar-refractivity contribution >= 4 is 32.7 Å². The van der Waals surface area contributed by atoms with Crippen LogP contribution in [0.3, 0.4) is 0 Å². The Morgan fingerprint density at radius 2 is 2.00 bits per heavy atom. The number of fused-ring (bicyclic) bond motifs is 2. The van der Waals surface area contributed by atoms with Crippen LogP contribution >= 0.6 is 11.3 Å². The zero-order valence-corrected chi connectivity index (χ0v) is 17.6. The van der Waals surface area contributed by atoms with Crippen molar-refractivity contribution in [2.75, 3.05) is 18.0 Å². The van der Waals surface area contributed by atoms with Gasteiger partial charge in [-0.3, -0.25) is 18.7 Å². The molecule has 2 aliphatic rings. The minimum atomic E-state index is -0.521. The molecule has 3 aromatic rings. The van der Waals surface area contributed by atoms with Crippen LogP contribution in [-0.2, 0) is 24.8 Å². The number of carbonyl (C=O) groups is 1. The highest BCUT2D eigenvalue weighted by molar-refractivity contribution is 7.22. The average Bonchev–Trinajstić information content (AvgIpc) is 3.49. The Hall–Kier alpha value is -2.94. The Morgan fingerprint density at radius 3 is 2.80 bits per heavy atom. The fourth-order valence-electron chi connectivity index (χ4n) is 4.41. The molecule has 1 fully saturated rings. The highest BCUT2D eigenvalue weighted by Crippen LogP contribution is 2.31. The second kappa shape index (κ2) is 7.39. The van der Waals surface area contributed by atoms with E-state index < -0.39 is 5.69 Å². The van der Waals surface area contributed by atoms with Crippen molar-refractivity contribution in [2.45, 2.75) is 38.3 Å². The van der Waals surface area contributed by atoms with Gasteiger partial charge < -0.3 is 10.2 Å². The minimum absolute atomic E-state index is 0.0528. The van der Waals surface area contributed by atoms with Crippen LogP contribution in [0.15, 0.2) is 33.9 Å². The molecule has 1 amide bonds. The number of nitrogens with one attached hydrogen (secondary N) is 1. The summed E-state index contributed by atoms with van der Waals surface area (Å²) < 4.78 is 2.80. The molecule has 30 heavy (non-hydrogen) atoms. The van der Waals surface area contributed by atoms with Crippen LogP contribution in [-0.4, -0.2) is 33.1 Å². The normalized spacial score (nSPS) is 18.2. The minimum Gasteiger partial charge on any atom is -0.348 e. The van der Waals surface area contributed by atoms with E-state index in [9.17, 15) is 14.4 Å². The lowest BCUT2D eigenvalue weighted by atomic mass is 10.1. The summed E-state index contributed by atoms with van der Waals surface area (Å²) in [4.78, 5) is 45.0. The molecule has 156 valence electrons. The van der Waals surface area contributed by atoms with Crippen molar-refractivity contribution in [3.8, 4) is 0 Å². The number of hydrogen-bond donors (Lipinski definition) is 1. The Kier molecular flexibility index (Phi) is 4.69. The van der Waals surface area contributed by atoms with Crippen LogP contribution in [0.2, 0.25) is 0 Å². The second-order valence-corrected chi connectivity index (χ2v) is 8.91. The van der Waals surface area contributed by atoms with Gasteiger partial charge in [0.1, 0.15) is 11.2 Å². The molecule has 1 atom stereocenters. The van der Waals surface area contributed by atoms with Crippen LogP contribution in [0.25, 0.3) is 10.3 Å². The standard InChI is InChI=1S/C21H23N5O3S/c1-24-19(28)17-18(23-20(30-17)25-10-4-5-11-25)26(21(24)29)12-16(27)22-15-9-8-13-6-2-3-7-14(13)15/h2-3,6-7,15H,4-5,8-12H2,1H3,(H,22,27). The van der Waals surface area contributed by atoms with Gasteiger partial charge in [-0.25, -0.2) is 9.78 Å². The third-order valence-electron chi connectivity index (χ3n) is 6.02. The molecule has 1 N–H and O–H groups in total. The van der Waals surface area contributed by atoms with E-state index in [2.05, 4.69) is 21.3 Å². The number of carbonyl (C=O) groups excluding carboxylic acids is 1. The quantitative estimate of drug-likeness (QED) is 0.685. The molecular formula is C21H23N5O3S. The maximum atomic E-state index is 12.8. The van der Waals surface area contributed by atoms with Crippen LogP contribution in [0.5, 0.6) is 0 Å². The van der Waals surface area contributed by atoms with E-state index in [1.807, 2.05) is 18.2 Å². The van der Waals surface area contributed by atoms with E-state index in [1.165, 1.54) is 28.5 Å². The number of aromatic nitrogens is 3. The molecule has 2 aromatic heterocycles. The molecule has 0 saturated carbocycles. The summed E-state index contributed by atoms with van der Waals surface area (Å²) in [6, 6.07) is 8.04. The maximum Gasteiger partial charge on any atom is 0.332 e. The first kappa shape index (κ1) is 19.0. The van der Waals surface area contributed by atoms with Gasteiger partial charge in [0.2, 0.25) is 5.91 Å². The van der Waals surface area contributed by atoms with Crippen molar-refractivity contribution in [3.05, 3.63) is 56.2 Å². The predicted molar refractivity (Wildman–Crippen MR) is 116 cm³/mol. The molecule has 1 aromatic carbocycles. The van der Waals surface area contributed by atoms with E-state index in [0.29, 0.717) is 10.3 Å². The summed E-state index contributed by atoms with van der Waals surface area (Å²) in [6.45, 7) is 1.63. The van der Waals surface area contributed by atoms with Gasteiger partial charge in [0.05, 0.1) is 6.04 Å². The SMILES string of the molecule is Cn1c(=O)c2sc(N3CCCC3)nc2n(CC(=O)NC2CCc3ccccc32)c1=O. The molecule has 1 saturated heterocycles. The Balaban J connectivity index is 1.47. The monoisotopic (exact) mass is 425 g/mol. The first-order valence-corrected chi connectivity index (χ1v) is 11.1. The predicted octanol–water partition coefficient (Wildman–Crippen LogP) is 1.56. The van der Waals surface area contributed by atoms with Gasteiger partial charge in [0, 0.05) is 20.1 Å². The number of amides is 1. The number of thiazole rings is 1. The molecule has 1 aliphatic heterocycles. The number of nitrogens with zero attached hydrogens (tertiary/aromatic N) is 4. The molecule has 5 rings (SSSR count). The number of benzene rings is 1. The van der Waals surface area contributed by atoms with E-state index in [-0.39, 0.29) is 24.1 Å². The van der Waals surface area contributed by atoms with Gasteiger partial charge in [-0.1, -0.05) is 35.6 Å². The smallest absolute Gasteiger partial charge is 0.332 e. The Labute approximate surface area is 176 Å². The van der Waals surface area contributed by atoms with E-state index in [4.69, 9.17) is 0 Å². The highest BCUT2D eigenvalue weighted by atomic mass is 32.1. The van der Waals surface area contributed by atoms with Gasteiger partial charge in [0.25, 0.3) is 5.56 Å². The molecule has 0 radical (unpaired) electrons. The van der Waals surface area contributed by atoms with Crippen molar-refractivity contribution in [1.82, 2.24) is 19.4 Å². The molecule has 1 unspecified atom stereocenters. The summed E-state index contributed by atoms with van der Waals surface area (Å²) in [5.74, 6) is -0.255. The first-order chi connectivity index (χ1) is 14.5. The lowest BCUT2D eigenvalue weighted by molar-refractivity contribution is -0.122. The van der Waals surface area contributed by atoms with Gasteiger partial charge in [-0.05, 0) is 36.8 Å². The zero-order valence-electron chi connectivity index (χ0n) is 16.8. The topological polar surface area (TPSA) is 89.2 Å². The Bertz CT molecular complexity index is 1250. The van der Waals surface area contributed by atoms with E-state index >= 15 is 0 Å². The zero-order chi connectivity index (χ0) is 20.8. The number of rotatable bonds is 4. The van der Waals surface area contributed by atoms with Crippen molar-refractivity contribution in [1.29, 1.82) is 0 Å². The fraction of sp³-hybridized carbons (Fsp3) is 0.429. The van der Waals surface area contributed by atoms with Crippen molar-refractivity contribution in [3.63, 3.8) is 0 Å². The molecule has 8 nitrogen and oxygen atoms in total. The summed E-state index contributed by atoms with van der Waals surface area (Å²) in [5, 5.41) is 3.79. The summed E-state index contributed by atoms with van der Waals surface area (Å²) >= 11 is 1.30. The molecule has 1 aliphatic carbocycles. The highest BCUT2D eigenvalue weighted by Gasteiger charge is 2.25. The van der Waals surface area contributed by atoms with Gasteiger partial charge >= 0.3 is 5.69 Å². The van der Waals surface area contributed by atoms with Crippen LogP contribution in [0.1, 0.15) is 36.4 Å². The number of anilines is 1. The Morgan fingerprint density at radius 1 is 1.23 bits per heavy atom. The third kappa shape index (κ3) is 3.13. The number of hydrogen-bond acceptors (Lipinski definition) is 6. The second-order valence-electron chi connectivity index (χ2n) is 7.93.